The minimum Gasteiger partial charge on any atom is -0.338 e. The van der Waals surface area contributed by atoms with E-state index in [0.717, 1.165) is 43.6 Å². The largest absolute Gasteiger partial charge is 0.338 e. The lowest BCUT2D eigenvalue weighted by Gasteiger charge is -2.26. The second-order valence-corrected chi connectivity index (χ2v) is 6.28. The van der Waals surface area contributed by atoms with E-state index < -0.39 is 0 Å². The summed E-state index contributed by atoms with van der Waals surface area (Å²) in [5, 5.41) is 2.80. The van der Waals surface area contributed by atoms with Crippen molar-refractivity contribution in [2.75, 3.05) is 18.4 Å². The van der Waals surface area contributed by atoms with Crippen molar-refractivity contribution in [2.24, 2.45) is 5.41 Å². The third-order valence-corrected chi connectivity index (χ3v) is 5.20. The third-order valence-electron chi connectivity index (χ3n) is 5.20. The number of amides is 2. The second-order valence-electron chi connectivity index (χ2n) is 6.28. The summed E-state index contributed by atoms with van der Waals surface area (Å²) < 4.78 is 0. The van der Waals surface area contributed by atoms with E-state index in [4.69, 9.17) is 0 Å². The van der Waals surface area contributed by atoms with Crippen molar-refractivity contribution < 1.29 is 9.59 Å². The minimum atomic E-state index is 0.00625. The Morgan fingerprint density at radius 3 is 2.76 bits per heavy atom. The van der Waals surface area contributed by atoms with Crippen LogP contribution in [0.3, 0.4) is 0 Å². The molecule has 1 saturated heterocycles. The second kappa shape index (κ2) is 5.17. The lowest BCUT2D eigenvalue weighted by Crippen LogP contribution is -2.31. The number of fused-ring (bicyclic) bond motifs is 1. The fourth-order valence-electron chi connectivity index (χ4n) is 3.48. The number of nitrogens with one attached hydrogen (secondary N) is 1. The SMILES string of the molecule is CCC1(CC)CCN(C(=O)c2ccc3c(c2)CC(=O)N3)C1. The van der Waals surface area contributed by atoms with Gasteiger partial charge in [-0.2, -0.15) is 0 Å². The Labute approximate surface area is 125 Å². The fraction of sp³-hybridized carbons (Fsp3) is 0.529. The average Bonchev–Trinajstić information content (AvgIpc) is 3.08. The fourth-order valence-corrected chi connectivity index (χ4v) is 3.48. The molecule has 0 bridgehead atoms. The maximum absolute atomic E-state index is 12.7. The number of hydrogen-bond acceptors (Lipinski definition) is 2. The van der Waals surface area contributed by atoms with Gasteiger partial charge >= 0.3 is 0 Å². The molecule has 1 aromatic rings. The summed E-state index contributed by atoms with van der Waals surface area (Å²) in [7, 11) is 0. The van der Waals surface area contributed by atoms with E-state index in [0.29, 0.717) is 17.4 Å². The van der Waals surface area contributed by atoms with E-state index in [9.17, 15) is 9.59 Å². The first kappa shape index (κ1) is 14.1. The molecule has 4 nitrogen and oxygen atoms in total. The summed E-state index contributed by atoms with van der Waals surface area (Å²) in [6.45, 7) is 6.12. The van der Waals surface area contributed by atoms with Crippen LogP contribution in [-0.2, 0) is 11.2 Å². The van der Waals surface area contributed by atoms with Crippen LogP contribution in [0.2, 0.25) is 0 Å². The first-order valence-electron chi connectivity index (χ1n) is 7.79. The molecule has 2 heterocycles. The molecule has 4 heteroatoms. The predicted octanol–water partition coefficient (Wildman–Crippen LogP) is 2.83. The Bertz CT molecular complexity index is 590. The van der Waals surface area contributed by atoms with Crippen molar-refractivity contribution in [1.29, 1.82) is 0 Å². The molecule has 0 atom stereocenters. The van der Waals surface area contributed by atoms with Gasteiger partial charge in [0.25, 0.3) is 5.91 Å². The molecule has 21 heavy (non-hydrogen) atoms. The van der Waals surface area contributed by atoms with Crippen molar-refractivity contribution in [3.63, 3.8) is 0 Å². The van der Waals surface area contributed by atoms with Crippen molar-refractivity contribution >= 4 is 17.5 Å². The number of nitrogens with zero attached hydrogens (tertiary/aromatic N) is 1. The first-order chi connectivity index (χ1) is 10.1. The van der Waals surface area contributed by atoms with E-state index >= 15 is 0 Å². The molecule has 1 fully saturated rings. The first-order valence-corrected chi connectivity index (χ1v) is 7.79. The number of rotatable bonds is 3. The Balaban J connectivity index is 1.78. The molecule has 1 aromatic carbocycles. The van der Waals surface area contributed by atoms with Gasteiger partial charge in [-0.25, -0.2) is 0 Å². The number of carbonyl (C=O) groups excluding carboxylic acids is 2. The number of likely N-dealkylation sites (tertiary alicyclic amines) is 1. The van der Waals surface area contributed by atoms with Gasteiger partial charge in [-0.3, -0.25) is 9.59 Å². The highest BCUT2D eigenvalue weighted by Gasteiger charge is 2.37. The molecule has 0 unspecified atom stereocenters. The van der Waals surface area contributed by atoms with Crippen LogP contribution in [0.15, 0.2) is 18.2 Å². The van der Waals surface area contributed by atoms with E-state index in [1.54, 1.807) is 0 Å². The molecule has 112 valence electrons. The van der Waals surface area contributed by atoms with Crippen LogP contribution in [0.5, 0.6) is 0 Å². The van der Waals surface area contributed by atoms with Crippen molar-refractivity contribution in [1.82, 2.24) is 4.90 Å². The maximum atomic E-state index is 12.7. The molecule has 0 radical (unpaired) electrons. The Morgan fingerprint density at radius 2 is 2.10 bits per heavy atom. The van der Waals surface area contributed by atoms with Crippen LogP contribution in [-0.4, -0.2) is 29.8 Å². The van der Waals surface area contributed by atoms with Gasteiger partial charge < -0.3 is 10.2 Å². The van der Waals surface area contributed by atoms with Crippen molar-refractivity contribution in [2.45, 2.75) is 39.5 Å². The quantitative estimate of drug-likeness (QED) is 0.929. The summed E-state index contributed by atoms with van der Waals surface area (Å²) in [4.78, 5) is 26.0. The zero-order valence-electron chi connectivity index (χ0n) is 12.7. The van der Waals surface area contributed by atoms with Crippen molar-refractivity contribution in [3.05, 3.63) is 29.3 Å². The molecule has 1 N–H and O–H groups in total. The minimum absolute atomic E-state index is 0.00625. The summed E-state index contributed by atoms with van der Waals surface area (Å²) in [6.07, 6.45) is 3.72. The molecular weight excluding hydrogens is 264 g/mol. The van der Waals surface area contributed by atoms with E-state index in [-0.39, 0.29) is 11.8 Å². The molecule has 2 aliphatic rings. The van der Waals surface area contributed by atoms with Crippen LogP contribution in [0, 0.1) is 5.41 Å². The predicted molar refractivity (Wildman–Crippen MR) is 82.3 cm³/mol. The van der Waals surface area contributed by atoms with Crippen LogP contribution < -0.4 is 5.32 Å². The highest BCUT2D eigenvalue weighted by atomic mass is 16.2. The van der Waals surface area contributed by atoms with Gasteiger partial charge in [0.2, 0.25) is 5.91 Å². The summed E-state index contributed by atoms with van der Waals surface area (Å²) >= 11 is 0. The van der Waals surface area contributed by atoms with Gasteiger partial charge in [-0.05, 0) is 48.4 Å². The lowest BCUT2D eigenvalue weighted by atomic mass is 9.82. The van der Waals surface area contributed by atoms with Crippen LogP contribution >= 0.6 is 0 Å². The normalized spacial score (nSPS) is 19.5. The molecule has 0 saturated carbocycles. The number of anilines is 1. The monoisotopic (exact) mass is 286 g/mol. The summed E-state index contributed by atoms with van der Waals surface area (Å²) in [5.41, 5.74) is 2.77. The zero-order chi connectivity index (χ0) is 15.0. The lowest BCUT2D eigenvalue weighted by molar-refractivity contribution is -0.115. The molecule has 0 aromatic heterocycles. The molecule has 3 rings (SSSR count). The van der Waals surface area contributed by atoms with Gasteiger partial charge in [0, 0.05) is 24.3 Å². The highest BCUT2D eigenvalue weighted by Crippen LogP contribution is 2.37. The molecule has 0 spiro atoms. The smallest absolute Gasteiger partial charge is 0.253 e. The number of benzene rings is 1. The van der Waals surface area contributed by atoms with E-state index in [1.807, 2.05) is 23.1 Å². The van der Waals surface area contributed by atoms with Crippen molar-refractivity contribution in [3.8, 4) is 0 Å². The molecule has 2 aliphatic heterocycles. The van der Waals surface area contributed by atoms with Gasteiger partial charge in [0.05, 0.1) is 6.42 Å². The standard InChI is InChI=1S/C17H22N2O2/c1-3-17(4-2)7-8-19(11-17)16(21)12-5-6-14-13(9-12)10-15(20)18-14/h5-6,9H,3-4,7-8,10-11H2,1-2H3,(H,18,20). The topological polar surface area (TPSA) is 49.4 Å². The zero-order valence-corrected chi connectivity index (χ0v) is 12.7. The number of hydrogen-bond donors (Lipinski definition) is 1. The van der Waals surface area contributed by atoms with E-state index in [2.05, 4.69) is 19.2 Å². The highest BCUT2D eigenvalue weighted by molar-refractivity contribution is 6.01. The Hall–Kier alpha value is -1.84. The third kappa shape index (κ3) is 2.43. The summed E-state index contributed by atoms with van der Waals surface area (Å²) in [6, 6.07) is 5.54. The van der Waals surface area contributed by atoms with Gasteiger partial charge in [0.15, 0.2) is 0 Å². The van der Waals surface area contributed by atoms with E-state index in [1.165, 1.54) is 0 Å². The maximum Gasteiger partial charge on any atom is 0.253 e. The van der Waals surface area contributed by atoms with Gasteiger partial charge in [-0.1, -0.05) is 13.8 Å². The van der Waals surface area contributed by atoms with Gasteiger partial charge in [-0.15, -0.1) is 0 Å². The molecule has 0 aliphatic carbocycles. The summed E-state index contributed by atoms with van der Waals surface area (Å²) in [5.74, 6) is 0.104. The Kier molecular flexibility index (Phi) is 3.47. The molecule has 2 amide bonds. The molecular formula is C17H22N2O2. The van der Waals surface area contributed by atoms with Crippen LogP contribution in [0.25, 0.3) is 0 Å². The van der Waals surface area contributed by atoms with Crippen LogP contribution in [0.1, 0.15) is 49.0 Å². The average molecular weight is 286 g/mol. The number of carbonyl (C=O) groups is 2. The Morgan fingerprint density at radius 1 is 1.33 bits per heavy atom. The van der Waals surface area contributed by atoms with Crippen LogP contribution in [0.4, 0.5) is 5.69 Å². The van der Waals surface area contributed by atoms with Gasteiger partial charge in [0.1, 0.15) is 0 Å².